The number of carbonyl (C=O) groups excluding carboxylic acids is 1. The molecule has 8 nitrogen and oxygen atoms in total. The van der Waals surface area contributed by atoms with Crippen molar-refractivity contribution in [3.8, 4) is 0 Å². The Hall–Kier alpha value is -3.03. The summed E-state index contributed by atoms with van der Waals surface area (Å²) in [4.78, 5) is 42.4. The monoisotopic (exact) mass is 380 g/mol. The molecule has 0 saturated carbocycles. The van der Waals surface area contributed by atoms with E-state index in [0.717, 1.165) is 29.7 Å². The zero-order valence-corrected chi connectivity index (χ0v) is 16.3. The molecule has 0 bridgehead atoms. The Morgan fingerprint density at radius 1 is 1.21 bits per heavy atom. The number of hydrogen-bond donors (Lipinski definition) is 1. The Balaban J connectivity index is 1.48. The van der Waals surface area contributed by atoms with E-state index in [0.29, 0.717) is 24.5 Å². The van der Waals surface area contributed by atoms with Gasteiger partial charge in [-0.25, -0.2) is 15.0 Å². The highest BCUT2D eigenvalue weighted by molar-refractivity contribution is 5.96. The highest BCUT2D eigenvalue weighted by atomic mass is 16.2. The van der Waals surface area contributed by atoms with E-state index in [-0.39, 0.29) is 23.4 Å². The lowest BCUT2D eigenvalue weighted by molar-refractivity contribution is 0.0711. The Morgan fingerprint density at radius 3 is 2.64 bits per heavy atom. The van der Waals surface area contributed by atoms with Crippen LogP contribution in [0.4, 0.5) is 0 Å². The molecule has 8 heteroatoms. The first-order valence-electron chi connectivity index (χ1n) is 9.62. The van der Waals surface area contributed by atoms with E-state index in [1.165, 1.54) is 0 Å². The molecule has 0 aromatic carbocycles. The predicted molar refractivity (Wildman–Crippen MR) is 105 cm³/mol. The van der Waals surface area contributed by atoms with Crippen molar-refractivity contribution in [3.63, 3.8) is 0 Å². The quantitative estimate of drug-likeness (QED) is 0.753. The molecule has 0 spiro atoms. The van der Waals surface area contributed by atoms with E-state index >= 15 is 0 Å². The van der Waals surface area contributed by atoms with E-state index in [4.69, 9.17) is 0 Å². The van der Waals surface area contributed by atoms with Gasteiger partial charge in [-0.3, -0.25) is 9.59 Å². The van der Waals surface area contributed by atoms with Gasteiger partial charge in [-0.15, -0.1) is 0 Å². The van der Waals surface area contributed by atoms with Gasteiger partial charge in [-0.1, -0.05) is 0 Å². The maximum atomic E-state index is 12.9. The van der Waals surface area contributed by atoms with Crippen LogP contribution < -0.4 is 5.56 Å². The molecule has 28 heavy (non-hydrogen) atoms. The van der Waals surface area contributed by atoms with E-state index in [1.54, 1.807) is 25.5 Å². The second-order valence-corrected chi connectivity index (χ2v) is 7.63. The molecule has 1 aliphatic rings. The van der Waals surface area contributed by atoms with Gasteiger partial charge in [-0.2, -0.15) is 0 Å². The van der Waals surface area contributed by atoms with Crippen LogP contribution in [0.1, 0.15) is 60.5 Å². The van der Waals surface area contributed by atoms with Crippen LogP contribution in [0.3, 0.4) is 0 Å². The SMILES string of the molecule is Cc1nc(C2CCN(C(=O)c3cnc4c(c3)ncn4C(C)C)CC2)cc(=O)[nH]1. The summed E-state index contributed by atoms with van der Waals surface area (Å²) in [7, 11) is 0. The second kappa shape index (κ2) is 7.18. The number of imidazole rings is 1. The number of aromatic nitrogens is 5. The van der Waals surface area contributed by atoms with E-state index < -0.39 is 0 Å². The van der Waals surface area contributed by atoms with Gasteiger partial charge in [0.1, 0.15) is 11.3 Å². The Labute approximate surface area is 162 Å². The summed E-state index contributed by atoms with van der Waals surface area (Å²) in [5.41, 5.74) is 2.78. The van der Waals surface area contributed by atoms with Gasteiger partial charge in [0.2, 0.25) is 0 Å². The van der Waals surface area contributed by atoms with Crippen molar-refractivity contribution in [2.75, 3.05) is 13.1 Å². The lowest BCUT2D eigenvalue weighted by Gasteiger charge is -2.31. The molecular formula is C20H24N6O2. The smallest absolute Gasteiger partial charge is 0.255 e. The molecule has 3 aromatic heterocycles. The fraction of sp³-hybridized carbons (Fsp3) is 0.450. The molecule has 3 aromatic rings. The summed E-state index contributed by atoms with van der Waals surface area (Å²) in [6, 6.07) is 3.65. The van der Waals surface area contributed by atoms with Crippen LogP contribution in [0.5, 0.6) is 0 Å². The molecular weight excluding hydrogens is 356 g/mol. The molecule has 0 aliphatic carbocycles. The summed E-state index contributed by atoms with van der Waals surface area (Å²) in [5.74, 6) is 0.801. The number of aryl methyl sites for hydroxylation is 1. The number of hydrogen-bond acceptors (Lipinski definition) is 5. The van der Waals surface area contributed by atoms with E-state index in [2.05, 4.69) is 33.8 Å². The number of likely N-dealkylation sites (tertiary alicyclic amines) is 1. The van der Waals surface area contributed by atoms with Crippen molar-refractivity contribution in [1.29, 1.82) is 0 Å². The number of H-pyrrole nitrogens is 1. The number of carbonyl (C=O) groups is 1. The molecule has 1 N–H and O–H groups in total. The van der Waals surface area contributed by atoms with Gasteiger partial charge in [0, 0.05) is 37.3 Å². The molecule has 0 radical (unpaired) electrons. The third-order valence-electron chi connectivity index (χ3n) is 5.30. The minimum atomic E-state index is -0.124. The van der Waals surface area contributed by atoms with Crippen molar-refractivity contribution in [3.05, 3.63) is 52.1 Å². The number of rotatable bonds is 3. The Kier molecular flexibility index (Phi) is 4.70. The second-order valence-electron chi connectivity index (χ2n) is 7.63. The number of fused-ring (bicyclic) bond motifs is 1. The van der Waals surface area contributed by atoms with Crippen LogP contribution in [0.2, 0.25) is 0 Å². The number of amides is 1. The molecule has 1 fully saturated rings. The molecule has 1 saturated heterocycles. The van der Waals surface area contributed by atoms with Crippen LogP contribution in [0.25, 0.3) is 11.2 Å². The largest absolute Gasteiger partial charge is 0.339 e. The zero-order valence-electron chi connectivity index (χ0n) is 16.3. The minimum Gasteiger partial charge on any atom is -0.339 e. The lowest BCUT2D eigenvalue weighted by Crippen LogP contribution is -2.38. The zero-order chi connectivity index (χ0) is 19.8. The topological polar surface area (TPSA) is 96.8 Å². The van der Waals surface area contributed by atoms with Crippen molar-refractivity contribution >= 4 is 17.1 Å². The number of nitrogens with one attached hydrogen (secondary N) is 1. The third kappa shape index (κ3) is 3.42. The van der Waals surface area contributed by atoms with Crippen LogP contribution in [0, 0.1) is 6.92 Å². The van der Waals surface area contributed by atoms with Crippen LogP contribution in [0.15, 0.2) is 29.5 Å². The van der Waals surface area contributed by atoms with Crippen molar-refractivity contribution in [2.45, 2.75) is 45.6 Å². The fourth-order valence-corrected chi connectivity index (χ4v) is 3.79. The first kappa shape index (κ1) is 18.3. The molecule has 1 amide bonds. The molecule has 4 rings (SSSR count). The number of piperidine rings is 1. The summed E-state index contributed by atoms with van der Waals surface area (Å²) in [6.45, 7) is 7.20. The van der Waals surface area contributed by atoms with Crippen molar-refractivity contribution < 1.29 is 4.79 Å². The molecule has 1 aliphatic heterocycles. The Morgan fingerprint density at radius 2 is 1.96 bits per heavy atom. The highest BCUT2D eigenvalue weighted by Crippen LogP contribution is 2.27. The average molecular weight is 380 g/mol. The van der Waals surface area contributed by atoms with E-state index in [1.807, 2.05) is 15.5 Å². The number of pyridine rings is 1. The highest BCUT2D eigenvalue weighted by Gasteiger charge is 2.26. The van der Waals surface area contributed by atoms with Crippen molar-refractivity contribution in [1.82, 2.24) is 29.4 Å². The van der Waals surface area contributed by atoms with Crippen LogP contribution in [-0.2, 0) is 0 Å². The maximum Gasteiger partial charge on any atom is 0.255 e. The first-order valence-corrected chi connectivity index (χ1v) is 9.62. The van der Waals surface area contributed by atoms with Crippen LogP contribution in [-0.4, -0.2) is 48.4 Å². The Bertz CT molecular complexity index is 1080. The minimum absolute atomic E-state index is 0.0259. The predicted octanol–water partition coefficient (Wildman–Crippen LogP) is 2.42. The molecule has 146 valence electrons. The van der Waals surface area contributed by atoms with Gasteiger partial charge >= 0.3 is 0 Å². The molecule has 4 heterocycles. The van der Waals surface area contributed by atoms with Gasteiger partial charge in [0.05, 0.1) is 17.6 Å². The van der Waals surface area contributed by atoms with E-state index in [9.17, 15) is 9.59 Å². The summed E-state index contributed by atoms with van der Waals surface area (Å²) < 4.78 is 1.99. The van der Waals surface area contributed by atoms with Gasteiger partial charge in [-0.05, 0) is 39.7 Å². The maximum absolute atomic E-state index is 12.9. The first-order chi connectivity index (χ1) is 13.4. The number of aromatic amines is 1. The average Bonchev–Trinajstić information content (AvgIpc) is 3.10. The van der Waals surface area contributed by atoms with Crippen LogP contribution >= 0.6 is 0 Å². The van der Waals surface area contributed by atoms with Gasteiger partial charge < -0.3 is 14.5 Å². The summed E-state index contributed by atoms with van der Waals surface area (Å²) in [6.07, 6.45) is 4.98. The van der Waals surface area contributed by atoms with Crippen molar-refractivity contribution in [2.24, 2.45) is 0 Å². The standard InChI is InChI=1S/C20H24N6O2/c1-12(2)26-11-22-17-8-15(10-21-19(17)26)20(28)25-6-4-14(5-7-25)16-9-18(27)24-13(3)23-16/h8-12,14H,4-7H2,1-3H3,(H,23,24,27). The normalized spacial score (nSPS) is 15.5. The molecule has 0 atom stereocenters. The summed E-state index contributed by atoms with van der Waals surface area (Å²) in [5, 5.41) is 0. The molecule has 0 unspecified atom stereocenters. The van der Waals surface area contributed by atoms with Gasteiger partial charge in [0.15, 0.2) is 5.65 Å². The summed E-state index contributed by atoms with van der Waals surface area (Å²) >= 11 is 0. The third-order valence-corrected chi connectivity index (χ3v) is 5.30. The fourth-order valence-electron chi connectivity index (χ4n) is 3.79. The van der Waals surface area contributed by atoms with Gasteiger partial charge in [0.25, 0.3) is 11.5 Å². The number of nitrogens with zero attached hydrogens (tertiary/aromatic N) is 5. The lowest BCUT2D eigenvalue weighted by atomic mass is 9.93.